The lowest BCUT2D eigenvalue weighted by atomic mass is 9.95. The Balaban J connectivity index is 1.84. The van der Waals surface area contributed by atoms with Crippen LogP contribution in [0.5, 0.6) is 0 Å². The van der Waals surface area contributed by atoms with Crippen LogP contribution in [0.1, 0.15) is 25.7 Å². The predicted molar refractivity (Wildman–Crippen MR) is 74.9 cm³/mol. The van der Waals surface area contributed by atoms with E-state index >= 15 is 0 Å². The first-order valence-electron chi connectivity index (χ1n) is 6.04. The molecule has 108 valence electrons. The second-order valence-electron chi connectivity index (χ2n) is 5.23. The number of rotatable bonds is 3. The summed E-state index contributed by atoms with van der Waals surface area (Å²) in [6.45, 7) is 4.08. The molecule has 0 bridgehead atoms. The number of nitrogens with zero attached hydrogens (tertiary/aromatic N) is 4. The van der Waals surface area contributed by atoms with Crippen molar-refractivity contribution in [3.05, 3.63) is 5.82 Å². The third-order valence-corrected chi connectivity index (χ3v) is 5.58. The van der Waals surface area contributed by atoms with Crippen LogP contribution in [-0.4, -0.2) is 58.8 Å². The van der Waals surface area contributed by atoms with Gasteiger partial charge in [0.05, 0.1) is 5.33 Å². The second-order valence-corrected chi connectivity index (χ2v) is 7.56. The summed E-state index contributed by atoms with van der Waals surface area (Å²) in [6, 6.07) is -0.678. The molecule has 0 spiro atoms. The van der Waals surface area contributed by atoms with E-state index in [9.17, 15) is 9.59 Å². The molecule has 2 aliphatic heterocycles. The minimum absolute atomic E-state index is 0.0735. The molecular formula is C10H13BrN6O2S. The summed E-state index contributed by atoms with van der Waals surface area (Å²) in [5, 5.41) is 16.7. The summed E-state index contributed by atoms with van der Waals surface area (Å²) >= 11 is 4.73. The third-order valence-electron chi connectivity index (χ3n) is 3.50. The Labute approximate surface area is 127 Å². The Morgan fingerprint density at radius 2 is 2.35 bits per heavy atom. The number of aromatic amines is 1. The summed E-state index contributed by atoms with van der Waals surface area (Å²) in [7, 11) is 0. The lowest BCUT2D eigenvalue weighted by molar-refractivity contribution is -0.151. The van der Waals surface area contributed by atoms with Gasteiger partial charge in [0.15, 0.2) is 5.82 Å². The molecule has 0 radical (unpaired) electrons. The van der Waals surface area contributed by atoms with Crippen LogP contribution < -0.4 is 5.32 Å². The summed E-state index contributed by atoms with van der Waals surface area (Å²) in [6.07, 6.45) is 0. The molecular weight excluding hydrogens is 348 g/mol. The Bertz CT molecular complexity index is 550. The topological polar surface area (TPSA) is 104 Å². The molecule has 0 aliphatic carbocycles. The molecule has 2 N–H and O–H groups in total. The van der Waals surface area contributed by atoms with Crippen molar-refractivity contribution in [3.8, 4) is 0 Å². The maximum atomic E-state index is 12.3. The van der Waals surface area contributed by atoms with Gasteiger partial charge in [-0.15, -0.1) is 16.9 Å². The average molecular weight is 361 g/mol. The molecule has 1 aromatic heterocycles. The van der Waals surface area contributed by atoms with Crippen molar-refractivity contribution < 1.29 is 9.59 Å². The normalized spacial score (nSPS) is 30.9. The summed E-state index contributed by atoms with van der Waals surface area (Å²) < 4.78 is -0.227. The van der Waals surface area contributed by atoms with Crippen molar-refractivity contribution in [2.75, 3.05) is 5.33 Å². The zero-order valence-electron chi connectivity index (χ0n) is 10.8. The van der Waals surface area contributed by atoms with E-state index in [2.05, 4.69) is 41.9 Å². The molecule has 3 atom stereocenters. The number of alkyl halides is 1. The number of carbonyl (C=O) groups excluding carboxylic acids is 2. The fourth-order valence-corrected chi connectivity index (χ4v) is 4.48. The molecule has 2 fully saturated rings. The minimum atomic E-state index is -0.467. The van der Waals surface area contributed by atoms with Crippen LogP contribution in [0.25, 0.3) is 0 Å². The van der Waals surface area contributed by atoms with Crippen LogP contribution in [0.15, 0.2) is 0 Å². The average Bonchev–Trinajstić information content (AvgIpc) is 2.99. The third kappa shape index (κ3) is 1.93. The highest BCUT2D eigenvalue weighted by atomic mass is 79.9. The van der Waals surface area contributed by atoms with Gasteiger partial charge in [-0.1, -0.05) is 15.9 Å². The fraction of sp³-hybridized carbons (Fsp3) is 0.700. The molecule has 8 nitrogen and oxygen atoms in total. The molecule has 0 saturated carbocycles. The van der Waals surface area contributed by atoms with Crippen molar-refractivity contribution in [2.45, 2.75) is 36.1 Å². The van der Waals surface area contributed by atoms with Crippen LogP contribution in [-0.2, 0) is 9.59 Å². The van der Waals surface area contributed by atoms with E-state index in [0.29, 0.717) is 5.82 Å². The molecule has 1 aromatic rings. The quantitative estimate of drug-likeness (QED) is 0.572. The van der Waals surface area contributed by atoms with Gasteiger partial charge in [-0.05, 0) is 24.3 Å². The maximum absolute atomic E-state index is 12.3. The van der Waals surface area contributed by atoms with E-state index in [-0.39, 0.29) is 33.3 Å². The summed E-state index contributed by atoms with van der Waals surface area (Å²) in [4.78, 5) is 25.5. The van der Waals surface area contributed by atoms with Crippen molar-refractivity contribution in [2.24, 2.45) is 0 Å². The number of halogens is 1. The van der Waals surface area contributed by atoms with Gasteiger partial charge < -0.3 is 10.2 Å². The second kappa shape index (κ2) is 4.69. The molecule has 20 heavy (non-hydrogen) atoms. The molecule has 10 heteroatoms. The number of carbonyl (C=O) groups is 2. The van der Waals surface area contributed by atoms with Gasteiger partial charge in [0.2, 0.25) is 11.8 Å². The fourth-order valence-electron chi connectivity index (χ4n) is 2.68. The molecule has 2 amide bonds. The zero-order valence-corrected chi connectivity index (χ0v) is 13.2. The number of fused-ring (bicyclic) bond motifs is 1. The van der Waals surface area contributed by atoms with Gasteiger partial charge in [-0.3, -0.25) is 9.59 Å². The predicted octanol–water partition coefficient (Wildman–Crippen LogP) is -0.186. The largest absolute Gasteiger partial charge is 0.341 e. The van der Waals surface area contributed by atoms with E-state index in [4.69, 9.17) is 0 Å². The van der Waals surface area contributed by atoms with E-state index in [1.807, 2.05) is 13.8 Å². The number of hydrogen-bond donors (Lipinski definition) is 2. The molecule has 2 saturated heterocycles. The maximum Gasteiger partial charge on any atom is 0.249 e. The number of tetrazole rings is 1. The lowest BCUT2D eigenvalue weighted by Crippen LogP contribution is -2.68. The molecule has 2 unspecified atom stereocenters. The first-order valence-corrected chi connectivity index (χ1v) is 8.05. The van der Waals surface area contributed by atoms with Gasteiger partial charge in [-0.25, -0.2) is 5.10 Å². The lowest BCUT2D eigenvalue weighted by Gasteiger charge is -2.44. The van der Waals surface area contributed by atoms with Gasteiger partial charge in [0.1, 0.15) is 17.5 Å². The standard InChI is InChI=1S/C10H13BrN6O2S/c1-10(2)6(7-13-15-16-14-7)17-8(19)5(9(17)20-10)12-4(18)3-11/h5-6,9H,3H2,1-2H3,(H,12,18)(H,13,14,15,16)/t5?,6?,9-/m1/s1. The number of amides is 2. The molecule has 3 rings (SSSR count). The smallest absolute Gasteiger partial charge is 0.249 e. The molecule has 0 aromatic carbocycles. The van der Waals surface area contributed by atoms with Crippen molar-refractivity contribution in [1.29, 1.82) is 0 Å². The number of H-pyrrole nitrogens is 1. The highest BCUT2D eigenvalue weighted by Gasteiger charge is 2.63. The van der Waals surface area contributed by atoms with Gasteiger partial charge in [0, 0.05) is 4.75 Å². The molecule has 3 heterocycles. The highest BCUT2D eigenvalue weighted by Crippen LogP contribution is 2.56. The van der Waals surface area contributed by atoms with Gasteiger partial charge in [-0.2, -0.15) is 0 Å². The number of aromatic nitrogens is 4. The van der Waals surface area contributed by atoms with Crippen molar-refractivity contribution in [1.82, 2.24) is 30.8 Å². The van der Waals surface area contributed by atoms with Crippen LogP contribution in [0.4, 0.5) is 0 Å². The summed E-state index contributed by atoms with van der Waals surface area (Å²) in [5.41, 5.74) is 0. The Hall–Kier alpha value is -1.16. The van der Waals surface area contributed by atoms with Crippen molar-refractivity contribution in [3.63, 3.8) is 0 Å². The monoisotopic (exact) mass is 360 g/mol. The number of hydrogen-bond acceptors (Lipinski definition) is 6. The Morgan fingerprint density at radius 3 is 2.95 bits per heavy atom. The first kappa shape index (κ1) is 13.8. The SMILES string of the molecule is CC1(C)S[C@@H]2C(NC(=O)CBr)C(=O)N2C1c1nnn[nH]1. The van der Waals surface area contributed by atoms with E-state index in [1.54, 1.807) is 16.7 Å². The number of thioether (sulfide) groups is 1. The Morgan fingerprint density at radius 1 is 1.60 bits per heavy atom. The van der Waals surface area contributed by atoms with Crippen LogP contribution in [0.3, 0.4) is 0 Å². The first-order chi connectivity index (χ1) is 9.45. The highest BCUT2D eigenvalue weighted by molar-refractivity contribution is 9.09. The van der Waals surface area contributed by atoms with E-state index in [0.717, 1.165) is 0 Å². The van der Waals surface area contributed by atoms with E-state index in [1.165, 1.54) is 0 Å². The molecule has 2 aliphatic rings. The summed E-state index contributed by atoms with van der Waals surface area (Å²) in [5.74, 6) is 0.290. The zero-order chi connectivity index (χ0) is 14.5. The minimum Gasteiger partial charge on any atom is -0.341 e. The van der Waals surface area contributed by atoms with Crippen LogP contribution in [0, 0.1) is 0 Å². The van der Waals surface area contributed by atoms with E-state index < -0.39 is 6.04 Å². The Kier molecular flexibility index (Phi) is 3.24. The van der Waals surface area contributed by atoms with Crippen LogP contribution in [0.2, 0.25) is 0 Å². The van der Waals surface area contributed by atoms with Gasteiger partial charge in [0.25, 0.3) is 0 Å². The number of β-lactam (4-membered cyclic amide) rings is 1. The van der Waals surface area contributed by atoms with Gasteiger partial charge >= 0.3 is 0 Å². The van der Waals surface area contributed by atoms with Crippen molar-refractivity contribution >= 4 is 39.5 Å². The van der Waals surface area contributed by atoms with Crippen LogP contribution >= 0.6 is 27.7 Å². The number of nitrogens with one attached hydrogen (secondary N) is 2.